The van der Waals surface area contributed by atoms with Crippen molar-refractivity contribution in [1.82, 2.24) is 10.1 Å². The number of piperidine rings is 1. The van der Waals surface area contributed by atoms with Crippen molar-refractivity contribution in [2.45, 2.75) is 19.3 Å². The fourth-order valence-electron chi connectivity index (χ4n) is 2.37. The molecular weight excluding hydrogens is 310 g/mol. The molecule has 0 spiro atoms. The summed E-state index contributed by atoms with van der Waals surface area (Å²) in [5.41, 5.74) is 0.758. The Labute approximate surface area is 133 Å². The van der Waals surface area contributed by atoms with E-state index in [9.17, 15) is 4.79 Å². The molecule has 1 aliphatic heterocycles. The highest BCUT2D eigenvalue weighted by Gasteiger charge is 2.15. The summed E-state index contributed by atoms with van der Waals surface area (Å²) >= 11 is 1.59. The lowest BCUT2D eigenvalue weighted by Gasteiger charge is -2.25. The quantitative estimate of drug-likeness (QED) is 0.936. The van der Waals surface area contributed by atoms with Crippen molar-refractivity contribution < 1.29 is 9.32 Å². The number of aromatic nitrogens is 1. The van der Waals surface area contributed by atoms with E-state index < -0.39 is 0 Å². The van der Waals surface area contributed by atoms with Crippen LogP contribution < -0.4 is 5.32 Å². The molecule has 114 valence electrons. The number of carbonyl (C=O) groups is 1. The van der Waals surface area contributed by atoms with Gasteiger partial charge in [-0.1, -0.05) is 17.6 Å². The van der Waals surface area contributed by atoms with Gasteiger partial charge in [-0.2, -0.15) is 0 Å². The van der Waals surface area contributed by atoms with Gasteiger partial charge in [-0.15, -0.1) is 23.7 Å². The smallest absolute Gasteiger partial charge is 0.240 e. The average molecular weight is 328 g/mol. The molecule has 1 aliphatic rings. The molecule has 7 heteroatoms. The minimum Gasteiger partial charge on any atom is -0.338 e. The third-order valence-corrected chi connectivity index (χ3v) is 4.25. The van der Waals surface area contributed by atoms with Gasteiger partial charge in [0.1, 0.15) is 5.69 Å². The standard InChI is InChI=1S/C14H17N3O2S.ClH/c18-13(10-17-6-2-1-3-7-17)15-14-9-11(16-19-14)12-5-4-8-20-12;/h4-5,8-9H,1-3,6-7,10H2,(H,15,18);1H. The van der Waals surface area contributed by atoms with E-state index in [1.807, 2.05) is 17.5 Å². The summed E-state index contributed by atoms with van der Waals surface area (Å²) in [6, 6.07) is 5.70. The second-order valence-electron chi connectivity index (χ2n) is 4.94. The van der Waals surface area contributed by atoms with Crippen molar-refractivity contribution in [3.8, 4) is 10.6 Å². The molecule has 0 radical (unpaired) electrons. The molecule has 0 aliphatic carbocycles. The zero-order valence-electron chi connectivity index (χ0n) is 11.6. The van der Waals surface area contributed by atoms with Gasteiger partial charge in [-0.05, 0) is 37.4 Å². The first-order valence-corrected chi connectivity index (χ1v) is 7.72. The second-order valence-corrected chi connectivity index (χ2v) is 5.89. The number of hydrogen-bond donors (Lipinski definition) is 1. The maximum Gasteiger partial charge on any atom is 0.240 e. The van der Waals surface area contributed by atoms with Crippen LogP contribution in [0.1, 0.15) is 19.3 Å². The molecule has 0 unspecified atom stereocenters. The monoisotopic (exact) mass is 327 g/mol. The number of nitrogens with one attached hydrogen (secondary N) is 1. The fraction of sp³-hybridized carbons (Fsp3) is 0.429. The van der Waals surface area contributed by atoms with E-state index in [2.05, 4.69) is 15.4 Å². The molecule has 1 N–H and O–H groups in total. The first-order valence-electron chi connectivity index (χ1n) is 6.84. The summed E-state index contributed by atoms with van der Waals surface area (Å²) < 4.78 is 5.15. The number of anilines is 1. The van der Waals surface area contributed by atoms with Crippen molar-refractivity contribution in [2.75, 3.05) is 25.0 Å². The number of rotatable bonds is 4. The SMILES string of the molecule is Cl.O=C(CN1CCCCC1)Nc1cc(-c2cccs2)no1. The Hall–Kier alpha value is -1.37. The predicted octanol–water partition coefficient (Wildman–Crippen LogP) is 3.25. The molecule has 21 heavy (non-hydrogen) atoms. The molecule has 0 bridgehead atoms. The Morgan fingerprint density at radius 2 is 2.19 bits per heavy atom. The van der Waals surface area contributed by atoms with Crippen molar-refractivity contribution in [1.29, 1.82) is 0 Å². The number of likely N-dealkylation sites (tertiary alicyclic amines) is 1. The molecule has 0 atom stereocenters. The molecule has 2 aromatic rings. The Kier molecular flexibility index (Phi) is 5.78. The normalized spacial score (nSPS) is 15.4. The number of carbonyl (C=O) groups excluding carboxylic acids is 1. The van der Waals surface area contributed by atoms with Gasteiger partial charge in [0.25, 0.3) is 0 Å². The van der Waals surface area contributed by atoms with Crippen molar-refractivity contribution in [3.63, 3.8) is 0 Å². The van der Waals surface area contributed by atoms with Crippen molar-refractivity contribution in [2.24, 2.45) is 0 Å². The lowest BCUT2D eigenvalue weighted by molar-refractivity contribution is -0.117. The van der Waals surface area contributed by atoms with E-state index in [0.29, 0.717) is 12.4 Å². The first kappa shape index (κ1) is 16.0. The van der Waals surface area contributed by atoms with Gasteiger partial charge >= 0.3 is 0 Å². The summed E-state index contributed by atoms with van der Waals surface area (Å²) in [6.07, 6.45) is 3.63. The summed E-state index contributed by atoms with van der Waals surface area (Å²) in [6.45, 7) is 2.43. The molecular formula is C14H18ClN3O2S. The van der Waals surface area contributed by atoms with Gasteiger partial charge in [0.05, 0.1) is 11.4 Å². The number of amides is 1. The lowest BCUT2D eigenvalue weighted by atomic mass is 10.1. The summed E-state index contributed by atoms with van der Waals surface area (Å²) in [4.78, 5) is 15.1. The van der Waals surface area contributed by atoms with E-state index in [4.69, 9.17) is 4.52 Å². The maximum atomic E-state index is 11.9. The van der Waals surface area contributed by atoms with Gasteiger partial charge < -0.3 is 4.52 Å². The molecule has 1 amide bonds. The van der Waals surface area contributed by atoms with Crippen LogP contribution in [0.3, 0.4) is 0 Å². The zero-order chi connectivity index (χ0) is 13.8. The van der Waals surface area contributed by atoms with Crippen molar-refractivity contribution in [3.05, 3.63) is 23.6 Å². The van der Waals surface area contributed by atoms with E-state index in [1.54, 1.807) is 17.4 Å². The van der Waals surface area contributed by atoms with E-state index in [1.165, 1.54) is 19.3 Å². The van der Waals surface area contributed by atoms with E-state index >= 15 is 0 Å². The summed E-state index contributed by atoms with van der Waals surface area (Å²) in [7, 11) is 0. The highest BCUT2D eigenvalue weighted by Crippen LogP contribution is 2.25. The molecule has 2 aromatic heterocycles. The Morgan fingerprint density at radius 3 is 2.90 bits per heavy atom. The molecule has 3 rings (SSSR count). The Morgan fingerprint density at radius 1 is 1.38 bits per heavy atom. The summed E-state index contributed by atoms with van der Waals surface area (Å²) in [5.74, 6) is 0.371. The minimum absolute atomic E-state index is 0. The van der Waals surface area contributed by atoms with Crippen LogP contribution in [0.15, 0.2) is 28.1 Å². The van der Waals surface area contributed by atoms with Crippen LogP contribution in [0.5, 0.6) is 0 Å². The van der Waals surface area contributed by atoms with E-state index in [-0.39, 0.29) is 18.3 Å². The van der Waals surface area contributed by atoms with Crippen LogP contribution in [-0.2, 0) is 4.79 Å². The summed E-state index contributed by atoms with van der Waals surface area (Å²) in [5, 5.41) is 8.72. The van der Waals surface area contributed by atoms with Crippen LogP contribution in [-0.4, -0.2) is 35.6 Å². The Balaban J connectivity index is 0.00000161. The topological polar surface area (TPSA) is 58.4 Å². The minimum atomic E-state index is -0.0409. The van der Waals surface area contributed by atoms with Crippen LogP contribution >= 0.6 is 23.7 Å². The highest BCUT2D eigenvalue weighted by molar-refractivity contribution is 7.13. The van der Waals surface area contributed by atoms with Crippen LogP contribution in [0.4, 0.5) is 5.88 Å². The van der Waals surface area contributed by atoms with Gasteiger partial charge in [0, 0.05) is 6.07 Å². The second kappa shape index (κ2) is 7.59. The van der Waals surface area contributed by atoms with Gasteiger partial charge in [-0.3, -0.25) is 15.0 Å². The van der Waals surface area contributed by atoms with E-state index in [0.717, 1.165) is 23.7 Å². The van der Waals surface area contributed by atoms with Gasteiger partial charge in [0.2, 0.25) is 11.8 Å². The number of thiophene rings is 1. The third kappa shape index (κ3) is 4.30. The number of nitrogens with zero attached hydrogens (tertiary/aromatic N) is 2. The zero-order valence-corrected chi connectivity index (χ0v) is 13.2. The van der Waals surface area contributed by atoms with Gasteiger partial charge in [-0.25, -0.2) is 0 Å². The van der Waals surface area contributed by atoms with Crippen molar-refractivity contribution >= 4 is 35.5 Å². The van der Waals surface area contributed by atoms with Crippen LogP contribution in [0.25, 0.3) is 10.6 Å². The van der Waals surface area contributed by atoms with Crippen LogP contribution in [0.2, 0.25) is 0 Å². The van der Waals surface area contributed by atoms with Gasteiger partial charge in [0.15, 0.2) is 0 Å². The molecule has 1 fully saturated rings. The van der Waals surface area contributed by atoms with Crippen LogP contribution in [0, 0.1) is 0 Å². The maximum absolute atomic E-state index is 11.9. The largest absolute Gasteiger partial charge is 0.338 e. The third-order valence-electron chi connectivity index (χ3n) is 3.36. The number of halogens is 1. The predicted molar refractivity (Wildman–Crippen MR) is 86.0 cm³/mol. The molecule has 5 nitrogen and oxygen atoms in total. The average Bonchev–Trinajstić information content (AvgIpc) is 3.10. The molecule has 0 aromatic carbocycles. The lowest BCUT2D eigenvalue weighted by Crippen LogP contribution is -2.36. The molecule has 3 heterocycles. The first-order chi connectivity index (χ1) is 9.81. The Bertz CT molecular complexity index is 565. The molecule has 0 saturated carbocycles. The number of hydrogen-bond acceptors (Lipinski definition) is 5. The fourth-order valence-corrected chi connectivity index (χ4v) is 3.05. The molecule has 1 saturated heterocycles. The highest BCUT2D eigenvalue weighted by atomic mass is 35.5.